The molecule has 2 heterocycles. The van der Waals surface area contributed by atoms with Crippen LogP contribution >= 0.6 is 15.9 Å². The van der Waals surface area contributed by atoms with Crippen molar-refractivity contribution in [3.05, 3.63) is 100 Å². The Morgan fingerprint density at radius 1 is 0.839 bits per heavy atom. The van der Waals surface area contributed by atoms with Gasteiger partial charge in [-0.1, -0.05) is 58.4 Å². The molecule has 5 rings (SSSR count). The molecule has 0 spiro atoms. The van der Waals surface area contributed by atoms with Gasteiger partial charge < -0.3 is 10.0 Å². The van der Waals surface area contributed by atoms with E-state index in [1.807, 2.05) is 42.5 Å². The molecule has 0 radical (unpaired) electrons. The molecule has 7 heteroatoms. The van der Waals surface area contributed by atoms with Crippen molar-refractivity contribution in [2.24, 2.45) is 5.92 Å². The molecular formula is C24H20BrN3O3. The van der Waals surface area contributed by atoms with Gasteiger partial charge in [0, 0.05) is 16.1 Å². The van der Waals surface area contributed by atoms with E-state index >= 15 is 0 Å². The molecule has 4 unspecified atom stereocenters. The first-order chi connectivity index (χ1) is 15.0. The summed E-state index contributed by atoms with van der Waals surface area (Å²) in [4.78, 5) is 26.6. The number of nitrogens with one attached hydrogen (secondary N) is 2. The Bertz CT molecular complexity index is 1120. The summed E-state index contributed by atoms with van der Waals surface area (Å²) in [7, 11) is 0. The van der Waals surface area contributed by atoms with E-state index in [9.17, 15) is 14.7 Å². The number of rotatable bonds is 4. The number of hydrogen-bond donors (Lipinski definition) is 3. The molecule has 2 saturated heterocycles. The van der Waals surface area contributed by atoms with Crippen LogP contribution in [0.1, 0.15) is 33.6 Å². The maximum Gasteiger partial charge on any atom is 0.335 e. The molecule has 0 aliphatic carbocycles. The van der Waals surface area contributed by atoms with E-state index in [0.29, 0.717) is 5.69 Å². The predicted molar refractivity (Wildman–Crippen MR) is 121 cm³/mol. The standard InChI is InChI=1S/C24H20BrN3O3/c25-17-10-6-15(7-11-17)22-19-20(14-4-2-1-3-5-14)26-27-21(19)23(29)28(22)18-12-8-16(9-13-18)24(30)31/h1-13,19-22,26-27H,(H,30,31). The number of amides is 1. The number of carbonyl (C=O) groups is 2. The van der Waals surface area contributed by atoms with Crippen molar-refractivity contribution in [1.82, 2.24) is 10.9 Å². The van der Waals surface area contributed by atoms with Crippen LogP contribution in [0.2, 0.25) is 0 Å². The molecule has 1 amide bonds. The lowest BCUT2D eigenvalue weighted by Gasteiger charge is -2.31. The molecule has 3 aromatic rings. The van der Waals surface area contributed by atoms with Crippen LogP contribution in [0.25, 0.3) is 0 Å². The van der Waals surface area contributed by atoms with Crippen LogP contribution in [0.3, 0.4) is 0 Å². The van der Waals surface area contributed by atoms with Gasteiger partial charge in [-0.25, -0.2) is 15.6 Å². The van der Waals surface area contributed by atoms with Crippen molar-refractivity contribution in [2.75, 3.05) is 4.90 Å². The lowest BCUT2D eigenvalue weighted by Crippen LogP contribution is -2.41. The average molecular weight is 478 g/mol. The second kappa shape index (κ2) is 7.92. The minimum Gasteiger partial charge on any atom is -0.478 e. The fourth-order valence-corrected chi connectivity index (χ4v) is 4.93. The summed E-state index contributed by atoms with van der Waals surface area (Å²) >= 11 is 3.49. The molecule has 6 nitrogen and oxygen atoms in total. The lowest BCUT2D eigenvalue weighted by molar-refractivity contribution is -0.119. The zero-order chi connectivity index (χ0) is 21.5. The van der Waals surface area contributed by atoms with Gasteiger partial charge in [0.2, 0.25) is 5.91 Å². The summed E-state index contributed by atoms with van der Waals surface area (Å²) in [6.45, 7) is 0. The Labute approximate surface area is 188 Å². The smallest absolute Gasteiger partial charge is 0.335 e. The normalized spacial score (nSPS) is 24.9. The monoisotopic (exact) mass is 477 g/mol. The van der Waals surface area contributed by atoms with E-state index in [1.54, 1.807) is 17.0 Å². The Morgan fingerprint density at radius 2 is 1.48 bits per heavy atom. The Morgan fingerprint density at radius 3 is 2.13 bits per heavy atom. The molecule has 0 aromatic heterocycles. The van der Waals surface area contributed by atoms with Gasteiger partial charge in [-0.15, -0.1) is 0 Å². The molecule has 2 fully saturated rings. The lowest BCUT2D eigenvalue weighted by atomic mass is 9.83. The second-order valence-electron chi connectivity index (χ2n) is 7.79. The second-order valence-corrected chi connectivity index (χ2v) is 8.70. The first-order valence-electron chi connectivity index (χ1n) is 10.0. The number of anilines is 1. The van der Waals surface area contributed by atoms with Crippen molar-refractivity contribution in [2.45, 2.75) is 18.1 Å². The Kier molecular flexibility index (Phi) is 5.09. The number of hydrogen-bond acceptors (Lipinski definition) is 4. The highest BCUT2D eigenvalue weighted by atomic mass is 79.9. The first kappa shape index (κ1) is 19.9. The first-order valence-corrected chi connectivity index (χ1v) is 10.8. The van der Waals surface area contributed by atoms with Gasteiger partial charge >= 0.3 is 5.97 Å². The number of benzene rings is 3. The fraction of sp³-hybridized carbons (Fsp3) is 0.167. The minimum absolute atomic E-state index is 0.0353. The summed E-state index contributed by atoms with van der Waals surface area (Å²) in [6.07, 6.45) is 0. The number of halogens is 1. The number of fused-ring (bicyclic) bond motifs is 1. The molecule has 0 saturated carbocycles. The molecule has 4 atom stereocenters. The van der Waals surface area contributed by atoms with Crippen molar-refractivity contribution >= 4 is 33.5 Å². The van der Waals surface area contributed by atoms with Crippen LogP contribution in [0, 0.1) is 5.92 Å². The topological polar surface area (TPSA) is 81.7 Å². The highest BCUT2D eigenvalue weighted by Crippen LogP contribution is 2.48. The number of carboxylic acids is 1. The van der Waals surface area contributed by atoms with Gasteiger partial charge in [0.05, 0.1) is 17.6 Å². The highest BCUT2D eigenvalue weighted by molar-refractivity contribution is 9.10. The maximum absolute atomic E-state index is 13.5. The fourth-order valence-electron chi connectivity index (χ4n) is 4.66. The number of carbonyl (C=O) groups excluding carboxylic acids is 1. The Balaban J connectivity index is 1.61. The van der Waals surface area contributed by atoms with E-state index in [1.165, 1.54) is 12.1 Å². The SMILES string of the molecule is O=C(O)c1ccc(N2C(=O)C3NNC(c4ccccc4)C3C2c2ccc(Br)cc2)cc1. The number of hydrazine groups is 1. The molecule has 156 valence electrons. The summed E-state index contributed by atoms with van der Waals surface area (Å²) < 4.78 is 0.969. The molecule has 2 aliphatic rings. The number of carboxylic acid groups (broad SMARTS) is 1. The van der Waals surface area contributed by atoms with Gasteiger partial charge in [0.15, 0.2) is 0 Å². The van der Waals surface area contributed by atoms with E-state index in [-0.39, 0.29) is 29.5 Å². The van der Waals surface area contributed by atoms with Crippen LogP contribution < -0.4 is 15.8 Å². The van der Waals surface area contributed by atoms with Crippen LogP contribution in [-0.4, -0.2) is 23.0 Å². The van der Waals surface area contributed by atoms with Gasteiger partial charge in [-0.05, 0) is 47.5 Å². The van der Waals surface area contributed by atoms with Crippen molar-refractivity contribution in [1.29, 1.82) is 0 Å². The van der Waals surface area contributed by atoms with E-state index < -0.39 is 12.0 Å². The van der Waals surface area contributed by atoms with Crippen LogP contribution in [0.15, 0.2) is 83.3 Å². The summed E-state index contributed by atoms with van der Waals surface area (Å²) in [5.74, 6) is -1.07. The minimum atomic E-state index is -0.990. The third-order valence-corrected chi connectivity index (χ3v) is 6.60. The summed E-state index contributed by atoms with van der Waals surface area (Å²) in [6, 6.07) is 24.0. The third kappa shape index (κ3) is 3.44. The molecular weight excluding hydrogens is 458 g/mol. The van der Waals surface area contributed by atoms with Crippen molar-refractivity contribution in [3.63, 3.8) is 0 Å². The highest BCUT2D eigenvalue weighted by Gasteiger charge is 2.55. The molecule has 2 aliphatic heterocycles. The quantitative estimate of drug-likeness (QED) is 0.527. The van der Waals surface area contributed by atoms with Crippen LogP contribution in [0.5, 0.6) is 0 Å². The van der Waals surface area contributed by atoms with Crippen LogP contribution in [0.4, 0.5) is 5.69 Å². The van der Waals surface area contributed by atoms with Gasteiger partial charge in [0.25, 0.3) is 0 Å². The zero-order valence-corrected chi connectivity index (χ0v) is 18.0. The average Bonchev–Trinajstić information content (AvgIpc) is 3.34. The summed E-state index contributed by atoms with van der Waals surface area (Å²) in [5.41, 5.74) is 9.56. The number of aromatic carboxylic acids is 1. The largest absolute Gasteiger partial charge is 0.478 e. The van der Waals surface area contributed by atoms with E-state index in [0.717, 1.165) is 15.6 Å². The zero-order valence-electron chi connectivity index (χ0n) is 16.4. The predicted octanol–water partition coefficient (Wildman–Crippen LogP) is 4.07. The molecule has 3 aromatic carbocycles. The van der Waals surface area contributed by atoms with Crippen molar-refractivity contribution < 1.29 is 14.7 Å². The molecule has 3 N–H and O–H groups in total. The molecule has 0 bridgehead atoms. The molecule has 31 heavy (non-hydrogen) atoms. The van der Waals surface area contributed by atoms with Gasteiger partial charge in [-0.3, -0.25) is 4.79 Å². The van der Waals surface area contributed by atoms with E-state index in [4.69, 9.17) is 0 Å². The van der Waals surface area contributed by atoms with E-state index in [2.05, 4.69) is 38.9 Å². The Hall–Kier alpha value is -3.00. The summed E-state index contributed by atoms with van der Waals surface area (Å²) in [5, 5.41) is 9.24. The van der Waals surface area contributed by atoms with Gasteiger partial charge in [0.1, 0.15) is 6.04 Å². The maximum atomic E-state index is 13.5. The third-order valence-electron chi connectivity index (χ3n) is 6.07. The van der Waals surface area contributed by atoms with Gasteiger partial charge in [-0.2, -0.15) is 0 Å². The number of nitrogens with zero attached hydrogens (tertiary/aromatic N) is 1. The van der Waals surface area contributed by atoms with Crippen molar-refractivity contribution in [3.8, 4) is 0 Å². The van der Waals surface area contributed by atoms with Crippen LogP contribution in [-0.2, 0) is 4.79 Å².